The third-order valence-electron chi connectivity index (χ3n) is 11.0. The van der Waals surface area contributed by atoms with Gasteiger partial charge in [0.2, 0.25) is 0 Å². The Morgan fingerprint density at radius 2 is 0.900 bits per heavy atom. The maximum Gasteiger partial charge on any atom is 0.306 e. The lowest BCUT2D eigenvalue weighted by molar-refractivity contribution is -0.870. The second-order valence-electron chi connectivity index (χ2n) is 18.2. The van der Waals surface area contributed by atoms with Crippen LogP contribution in [0.5, 0.6) is 0 Å². The van der Waals surface area contributed by atoms with Crippen molar-refractivity contribution in [1.29, 1.82) is 0 Å². The van der Waals surface area contributed by atoms with Crippen LogP contribution in [-0.4, -0.2) is 70.0 Å². The summed E-state index contributed by atoms with van der Waals surface area (Å²) < 4.78 is 33.7. The van der Waals surface area contributed by atoms with Crippen LogP contribution in [0.4, 0.5) is 0 Å². The molecule has 2 unspecified atom stereocenters. The second-order valence-corrected chi connectivity index (χ2v) is 19.6. The van der Waals surface area contributed by atoms with Crippen molar-refractivity contribution in [3.8, 4) is 0 Å². The van der Waals surface area contributed by atoms with E-state index < -0.39 is 32.5 Å². The molecule has 0 aromatic carbocycles. The number of esters is 2. The maximum atomic E-state index is 12.6. The van der Waals surface area contributed by atoms with Crippen LogP contribution in [0.2, 0.25) is 0 Å². The number of unbranched alkanes of at least 4 members (excludes halogenated alkanes) is 28. The van der Waals surface area contributed by atoms with Gasteiger partial charge in [-0.15, -0.1) is 0 Å². The quantitative estimate of drug-likeness (QED) is 0.0195. The van der Waals surface area contributed by atoms with E-state index in [0.29, 0.717) is 17.4 Å². The molecule has 0 aliphatic carbocycles. The lowest BCUT2D eigenvalue weighted by Gasteiger charge is -2.28. The number of quaternary nitrogens is 1. The molecule has 2 atom stereocenters. The van der Waals surface area contributed by atoms with E-state index in [1.807, 2.05) is 21.1 Å². The van der Waals surface area contributed by atoms with Crippen LogP contribution in [0.1, 0.15) is 232 Å². The van der Waals surface area contributed by atoms with E-state index in [-0.39, 0.29) is 26.1 Å². The van der Waals surface area contributed by atoms with Gasteiger partial charge in [-0.3, -0.25) is 14.2 Å². The van der Waals surface area contributed by atoms with Crippen molar-refractivity contribution in [2.75, 3.05) is 47.5 Å². The molecule has 0 heterocycles. The van der Waals surface area contributed by atoms with E-state index in [9.17, 15) is 19.0 Å². The first-order valence-corrected chi connectivity index (χ1v) is 26.5. The average molecular weight is 870 g/mol. The molecule has 0 aromatic heterocycles. The third-order valence-corrected chi connectivity index (χ3v) is 11.9. The molecule has 0 aromatic rings. The number of nitrogens with zero attached hydrogens (tertiary/aromatic N) is 1. The molecule has 0 N–H and O–H groups in total. The van der Waals surface area contributed by atoms with Gasteiger partial charge in [-0.05, 0) is 44.9 Å². The Labute approximate surface area is 370 Å². The van der Waals surface area contributed by atoms with E-state index in [1.54, 1.807) is 0 Å². The van der Waals surface area contributed by atoms with E-state index >= 15 is 0 Å². The number of phosphoric acid groups is 1. The summed E-state index contributed by atoms with van der Waals surface area (Å²) in [7, 11) is 1.17. The summed E-state index contributed by atoms with van der Waals surface area (Å²) in [6, 6.07) is 0. The van der Waals surface area contributed by atoms with Crippen LogP contribution in [0.25, 0.3) is 0 Å². The number of hydrogen-bond acceptors (Lipinski definition) is 8. The molecule has 0 aliphatic heterocycles. The number of rotatable bonds is 46. The highest BCUT2D eigenvalue weighted by atomic mass is 31.2. The van der Waals surface area contributed by atoms with Crippen molar-refractivity contribution in [3.05, 3.63) is 24.3 Å². The normalized spacial score (nSPS) is 13.6. The molecule has 0 saturated heterocycles. The fourth-order valence-corrected chi connectivity index (χ4v) is 7.77. The first kappa shape index (κ1) is 58.5. The summed E-state index contributed by atoms with van der Waals surface area (Å²) >= 11 is 0. The largest absolute Gasteiger partial charge is 0.756 e. The van der Waals surface area contributed by atoms with Crippen LogP contribution < -0.4 is 4.89 Å². The van der Waals surface area contributed by atoms with Crippen molar-refractivity contribution in [2.24, 2.45) is 0 Å². The fourth-order valence-electron chi connectivity index (χ4n) is 7.04. The fraction of sp³-hybridized carbons (Fsp3) is 0.880. The zero-order valence-electron chi connectivity index (χ0n) is 39.9. The summed E-state index contributed by atoms with van der Waals surface area (Å²) in [4.78, 5) is 37.2. The summed E-state index contributed by atoms with van der Waals surface area (Å²) in [5.74, 6) is -0.839. The minimum absolute atomic E-state index is 0.0283. The predicted octanol–water partition coefficient (Wildman–Crippen LogP) is 14.1. The van der Waals surface area contributed by atoms with Crippen LogP contribution in [0.3, 0.4) is 0 Å². The topological polar surface area (TPSA) is 111 Å². The van der Waals surface area contributed by atoms with Crippen LogP contribution >= 0.6 is 7.82 Å². The molecule has 60 heavy (non-hydrogen) atoms. The Balaban J connectivity index is 3.87. The van der Waals surface area contributed by atoms with E-state index in [2.05, 4.69) is 38.2 Å². The monoisotopic (exact) mass is 870 g/mol. The highest BCUT2D eigenvalue weighted by molar-refractivity contribution is 7.45. The molecule has 0 bridgehead atoms. The number of ether oxygens (including phenoxy) is 2. The Bertz CT molecular complexity index is 1070. The molecule has 9 nitrogen and oxygen atoms in total. The standard InChI is InChI=1S/C50H96NO8P/c1-6-8-10-12-13-14-15-16-17-18-19-20-21-22-23-24-25-26-27-28-29-30-31-32-33-34-35-36-37-39-41-43-50(53)59-48(46-56-49(52)42-40-38-11-9-7-2)47-58-60(54,55)57-45-44-51(3,4)5/h15-16,18-19,48H,6-14,17,20-47H2,1-5H3/b16-15-,19-18-. The Kier molecular flexibility index (Phi) is 41.7. The second kappa shape index (κ2) is 42.8. The molecule has 0 aliphatic rings. The first-order valence-electron chi connectivity index (χ1n) is 25.0. The minimum Gasteiger partial charge on any atom is -0.756 e. The number of allylic oxidation sites excluding steroid dienone is 4. The van der Waals surface area contributed by atoms with Gasteiger partial charge in [-0.2, -0.15) is 0 Å². The Morgan fingerprint density at radius 3 is 1.32 bits per heavy atom. The third kappa shape index (κ3) is 46.0. The lowest BCUT2D eigenvalue weighted by atomic mass is 10.0. The molecule has 0 rings (SSSR count). The molecular formula is C50H96NO8P. The van der Waals surface area contributed by atoms with Crippen LogP contribution in [0.15, 0.2) is 24.3 Å². The summed E-state index contributed by atoms with van der Waals surface area (Å²) in [6.07, 6.45) is 48.6. The highest BCUT2D eigenvalue weighted by Crippen LogP contribution is 2.38. The highest BCUT2D eigenvalue weighted by Gasteiger charge is 2.21. The molecule has 0 amide bonds. The zero-order chi connectivity index (χ0) is 44.3. The van der Waals surface area contributed by atoms with E-state index in [1.165, 1.54) is 148 Å². The van der Waals surface area contributed by atoms with E-state index in [0.717, 1.165) is 51.4 Å². The van der Waals surface area contributed by atoms with Gasteiger partial charge in [0, 0.05) is 12.8 Å². The molecule has 10 heteroatoms. The molecule has 354 valence electrons. The van der Waals surface area contributed by atoms with Gasteiger partial charge in [0.15, 0.2) is 6.10 Å². The average Bonchev–Trinajstić information content (AvgIpc) is 3.20. The summed E-state index contributed by atoms with van der Waals surface area (Å²) in [5, 5.41) is 0. The Morgan fingerprint density at radius 1 is 0.517 bits per heavy atom. The van der Waals surface area contributed by atoms with E-state index in [4.69, 9.17) is 18.5 Å². The van der Waals surface area contributed by atoms with Crippen molar-refractivity contribution >= 4 is 19.8 Å². The summed E-state index contributed by atoms with van der Waals surface area (Å²) in [6.45, 7) is 4.14. The maximum absolute atomic E-state index is 12.6. The van der Waals surface area contributed by atoms with Crippen molar-refractivity contribution in [2.45, 2.75) is 238 Å². The van der Waals surface area contributed by atoms with Gasteiger partial charge >= 0.3 is 11.9 Å². The van der Waals surface area contributed by atoms with Crippen molar-refractivity contribution < 1.29 is 42.1 Å². The van der Waals surface area contributed by atoms with Gasteiger partial charge in [0.05, 0.1) is 27.7 Å². The first-order chi connectivity index (χ1) is 29.0. The molecular weight excluding hydrogens is 774 g/mol. The smallest absolute Gasteiger partial charge is 0.306 e. The molecule has 0 spiro atoms. The minimum atomic E-state index is -4.61. The molecule has 0 radical (unpaired) electrons. The van der Waals surface area contributed by atoms with Crippen molar-refractivity contribution in [1.82, 2.24) is 0 Å². The van der Waals surface area contributed by atoms with Gasteiger partial charge in [-0.25, -0.2) is 0 Å². The van der Waals surface area contributed by atoms with Crippen LogP contribution in [-0.2, 0) is 32.7 Å². The Hall–Kier alpha value is -1.51. The van der Waals surface area contributed by atoms with Gasteiger partial charge in [-0.1, -0.05) is 199 Å². The van der Waals surface area contributed by atoms with Gasteiger partial charge in [0.25, 0.3) is 7.82 Å². The number of phosphoric ester groups is 1. The van der Waals surface area contributed by atoms with Gasteiger partial charge in [0.1, 0.15) is 19.8 Å². The number of carbonyl (C=O) groups is 2. The predicted molar refractivity (Wildman–Crippen MR) is 250 cm³/mol. The number of likely N-dealkylation sites (N-methyl/N-ethyl adjacent to an activating group) is 1. The SMILES string of the molecule is CCCCCCC/C=C\C/C=C\CCCCCCCCCCCCCCCCCCCCCC(=O)OC(COC(=O)CCCCCCC)COP(=O)([O-])OCC[N+](C)(C)C. The molecule has 0 saturated carbocycles. The molecule has 0 fully saturated rings. The lowest BCUT2D eigenvalue weighted by Crippen LogP contribution is -2.37. The number of hydrogen-bond donors (Lipinski definition) is 0. The van der Waals surface area contributed by atoms with Gasteiger partial charge < -0.3 is 27.9 Å². The van der Waals surface area contributed by atoms with Crippen molar-refractivity contribution in [3.63, 3.8) is 0 Å². The summed E-state index contributed by atoms with van der Waals surface area (Å²) in [5.41, 5.74) is 0. The zero-order valence-corrected chi connectivity index (χ0v) is 40.8. The number of carbonyl (C=O) groups excluding carboxylic acids is 2. The van der Waals surface area contributed by atoms with Crippen LogP contribution in [0, 0.1) is 0 Å².